The first-order valence-electron chi connectivity index (χ1n) is 8.14. The third-order valence-electron chi connectivity index (χ3n) is 3.69. The largest absolute Gasteiger partial charge is 0.494 e. The molecular weight excluding hydrogens is 320 g/mol. The summed E-state index contributed by atoms with van der Waals surface area (Å²) in [6.07, 6.45) is 1.84. The van der Waals surface area contributed by atoms with Gasteiger partial charge in [-0.1, -0.05) is 0 Å². The normalized spacial score (nSPS) is 10.8. The van der Waals surface area contributed by atoms with Gasteiger partial charge in [0.15, 0.2) is 0 Å². The van der Waals surface area contributed by atoms with Gasteiger partial charge in [-0.15, -0.1) is 0 Å². The highest BCUT2D eigenvalue weighted by Crippen LogP contribution is 2.31. The number of H-pyrrole nitrogens is 1. The standard InChI is InChI=1S/C17H22N6O2/c1-3-24-11-5-6-13(25-4-2)12(7-11)20-8-10-9-21-16-14(10)15(18)22-17(19)23-16/h5-7,9,20H,3-4,8H2,1-2H3,(H5,18,19,21,22,23). The lowest BCUT2D eigenvalue weighted by atomic mass is 10.2. The first-order chi connectivity index (χ1) is 12.1. The molecule has 0 spiro atoms. The van der Waals surface area contributed by atoms with Crippen molar-refractivity contribution in [2.75, 3.05) is 30.0 Å². The maximum Gasteiger partial charge on any atom is 0.223 e. The van der Waals surface area contributed by atoms with Crippen LogP contribution in [-0.2, 0) is 6.54 Å². The summed E-state index contributed by atoms with van der Waals surface area (Å²) in [4.78, 5) is 11.3. The molecule has 0 aliphatic rings. The molecule has 8 nitrogen and oxygen atoms in total. The molecule has 25 heavy (non-hydrogen) atoms. The summed E-state index contributed by atoms with van der Waals surface area (Å²) in [7, 11) is 0. The van der Waals surface area contributed by atoms with E-state index in [4.69, 9.17) is 20.9 Å². The van der Waals surface area contributed by atoms with Crippen molar-refractivity contribution in [3.8, 4) is 11.5 Å². The van der Waals surface area contributed by atoms with Crippen LogP contribution in [0.25, 0.3) is 11.0 Å². The number of anilines is 3. The highest BCUT2D eigenvalue weighted by atomic mass is 16.5. The van der Waals surface area contributed by atoms with E-state index in [1.54, 1.807) is 0 Å². The number of hydrogen-bond acceptors (Lipinski definition) is 7. The van der Waals surface area contributed by atoms with Gasteiger partial charge >= 0.3 is 0 Å². The van der Waals surface area contributed by atoms with Crippen LogP contribution in [0, 0.1) is 0 Å². The van der Waals surface area contributed by atoms with E-state index in [-0.39, 0.29) is 5.95 Å². The molecule has 132 valence electrons. The van der Waals surface area contributed by atoms with Gasteiger partial charge in [-0.2, -0.15) is 9.97 Å². The topological polar surface area (TPSA) is 124 Å². The summed E-state index contributed by atoms with van der Waals surface area (Å²) in [5.41, 5.74) is 14.0. The summed E-state index contributed by atoms with van der Waals surface area (Å²) in [5, 5.41) is 4.13. The Hall–Kier alpha value is -3.16. The van der Waals surface area contributed by atoms with Crippen LogP contribution < -0.4 is 26.3 Å². The van der Waals surface area contributed by atoms with Crippen LogP contribution >= 0.6 is 0 Å². The molecule has 1 aromatic carbocycles. The van der Waals surface area contributed by atoms with E-state index in [0.717, 1.165) is 28.1 Å². The van der Waals surface area contributed by atoms with Gasteiger partial charge in [0.05, 0.1) is 24.3 Å². The number of aromatic amines is 1. The van der Waals surface area contributed by atoms with Crippen LogP contribution in [0.3, 0.4) is 0 Å². The van der Waals surface area contributed by atoms with Gasteiger partial charge in [-0.3, -0.25) is 0 Å². The van der Waals surface area contributed by atoms with Crippen molar-refractivity contribution in [2.45, 2.75) is 20.4 Å². The van der Waals surface area contributed by atoms with Crippen molar-refractivity contribution in [1.82, 2.24) is 15.0 Å². The van der Waals surface area contributed by atoms with E-state index >= 15 is 0 Å². The number of aromatic nitrogens is 3. The zero-order valence-electron chi connectivity index (χ0n) is 14.3. The molecule has 2 heterocycles. The van der Waals surface area contributed by atoms with Crippen molar-refractivity contribution in [3.05, 3.63) is 30.0 Å². The molecule has 0 fully saturated rings. The second kappa shape index (κ2) is 7.16. The monoisotopic (exact) mass is 342 g/mol. The van der Waals surface area contributed by atoms with Crippen molar-refractivity contribution < 1.29 is 9.47 Å². The first kappa shape index (κ1) is 16.7. The van der Waals surface area contributed by atoms with Gasteiger partial charge in [0.2, 0.25) is 5.95 Å². The minimum absolute atomic E-state index is 0.148. The number of hydrogen-bond donors (Lipinski definition) is 4. The fourth-order valence-electron chi connectivity index (χ4n) is 2.66. The minimum atomic E-state index is 0.148. The number of fused-ring (bicyclic) bond motifs is 1. The molecule has 0 saturated heterocycles. The van der Waals surface area contributed by atoms with Crippen LogP contribution in [-0.4, -0.2) is 28.2 Å². The smallest absolute Gasteiger partial charge is 0.223 e. The maximum atomic E-state index is 5.99. The number of benzene rings is 1. The quantitative estimate of drug-likeness (QED) is 0.520. The SMILES string of the molecule is CCOc1ccc(OCC)c(NCc2c[nH]c3nc(N)nc(N)c23)c1. The molecule has 0 bridgehead atoms. The van der Waals surface area contributed by atoms with E-state index < -0.39 is 0 Å². The zero-order valence-corrected chi connectivity index (χ0v) is 14.3. The Bertz CT molecular complexity index is 877. The van der Waals surface area contributed by atoms with Crippen molar-refractivity contribution in [2.24, 2.45) is 0 Å². The zero-order chi connectivity index (χ0) is 17.8. The average molecular weight is 342 g/mol. The molecule has 0 radical (unpaired) electrons. The number of nitrogens with two attached hydrogens (primary N) is 2. The summed E-state index contributed by atoms with van der Waals surface area (Å²) < 4.78 is 11.2. The first-order valence-corrected chi connectivity index (χ1v) is 8.14. The highest BCUT2D eigenvalue weighted by molar-refractivity contribution is 5.90. The van der Waals surface area contributed by atoms with Crippen LogP contribution in [0.1, 0.15) is 19.4 Å². The van der Waals surface area contributed by atoms with E-state index in [9.17, 15) is 0 Å². The van der Waals surface area contributed by atoms with E-state index in [1.807, 2.05) is 38.2 Å². The van der Waals surface area contributed by atoms with Gasteiger partial charge in [0.1, 0.15) is 23.0 Å². The van der Waals surface area contributed by atoms with Gasteiger partial charge in [0.25, 0.3) is 0 Å². The second-order valence-corrected chi connectivity index (χ2v) is 5.38. The molecule has 3 aromatic rings. The number of rotatable bonds is 7. The Labute approximate surface area is 145 Å². The number of ether oxygens (including phenoxy) is 2. The third kappa shape index (κ3) is 3.52. The lowest BCUT2D eigenvalue weighted by molar-refractivity contribution is 0.332. The highest BCUT2D eigenvalue weighted by Gasteiger charge is 2.12. The van der Waals surface area contributed by atoms with Gasteiger partial charge in [0, 0.05) is 24.4 Å². The molecule has 0 atom stereocenters. The van der Waals surface area contributed by atoms with Crippen LogP contribution in [0.15, 0.2) is 24.4 Å². The molecule has 0 unspecified atom stereocenters. The van der Waals surface area contributed by atoms with Gasteiger partial charge in [-0.05, 0) is 26.0 Å². The van der Waals surface area contributed by atoms with Crippen molar-refractivity contribution in [1.29, 1.82) is 0 Å². The molecule has 2 aromatic heterocycles. The Morgan fingerprint density at radius 1 is 1.12 bits per heavy atom. The molecule has 6 N–H and O–H groups in total. The fraction of sp³-hybridized carbons (Fsp3) is 0.294. The van der Waals surface area contributed by atoms with E-state index in [0.29, 0.717) is 31.2 Å². The second-order valence-electron chi connectivity index (χ2n) is 5.38. The minimum Gasteiger partial charge on any atom is -0.494 e. The summed E-state index contributed by atoms with van der Waals surface area (Å²) in [6.45, 7) is 5.60. The van der Waals surface area contributed by atoms with Gasteiger partial charge in [-0.25, -0.2) is 0 Å². The molecular formula is C17H22N6O2. The van der Waals surface area contributed by atoms with E-state index in [1.165, 1.54) is 0 Å². The van der Waals surface area contributed by atoms with Crippen LogP contribution in [0.2, 0.25) is 0 Å². The number of nitrogen functional groups attached to an aromatic ring is 2. The Morgan fingerprint density at radius 3 is 2.68 bits per heavy atom. The van der Waals surface area contributed by atoms with Crippen LogP contribution in [0.5, 0.6) is 11.5 Å². The Morgan fingerprint density at radius 2 is 1.92 bits per heavy atom. The molecule has 8 heteroatoms. The molecule has 0 aliphatic heterocycles. The third-order valence-corrected chi connectivity index (χ3v) is 3.69. The fourth-order valence-corrected chi connectivity index (χ4v) is 2.66. The molecule has 3 rings (SSSR count). The number of nitrogens with zero attached hydrogens (tertiary/aromatic N) is 2. The van der Waals surface area contributed by atoms with Crippen molar-refractivity contribution in [3.63, 3.8) is 0 Å². The lowest BCUT2D eigenvalue weighted by Gasteiger charge is -2.14. The van der Waals surface area contributed by atoms with Crippen molar-refractivity contribution >= 4 is 28.5 Å². The summed E-state index contributed by atoms with van der Waals surface area (Å²) in [6, 6.07) is 5.70. The van der Waals surface area contributed by atoms with E-state index in [2.05, 4.69) is 20.3 Å². The Balaban J connectivity index is 1.87. The predicted octanol–water partition coefficient (Wildman–Crippen LogP) is 2.53. The molecule has 0 aliphatic carbocycles. The maximum absolute atomic E-state index is 5.99. The van der Waals surface area contributed by atoms with Crippen LogP contribution in [0.4, 0.5) is 17.5 Å². The molecule has 0 amide bonds. The lowest BCUT2D eigenvalue weighted by Crippen LogP contribution is -2.05. The number of nitrogens with one attached hydrogen (secondary N) is 2. The molecule has 0 saturated carbocycles. The summed E-state index contributed by atoms with van der Waals surface area (Å²) in [5.74, 6) is 2.05. The predicted molar refractivity (Wildman–Crippen MR) is 98.8 cm³/mol. The Kier molecular flexibility index (Phi) is 4.78. The summed E-state index contributed by atoms with van der Waals surface area (Å²) >= 11 is 0. The van der Waals surface area contributed by atoms with Gasteiger partial charge < -0.3 is 31.2 Å². The average Bonchev–Trinajstić information content (AvgIpc) is 2.98.